The molecule has 0 spiro atoms. The van der Waals surface area contributed by atoms with E-state index in [-0.39, 0.29) is 0 Å². The molecule has 33 heavy (non-hydrogen) atoms. The Morgan fingerprint density at radius 1 is 0.697 bits per heavy atom. The second kappa shape index (κ2) is 11.7. The molecule has 2 fully saturated rings. The summed E-state index contributed by atoms with van der Waals surface area (Å²) in [6.07, 6.45) is 13.3. The van der Waals surface area contributed by atoms with Gasteiger partial charge in [0.2, 0.25) is 0 Å². The molecule has 2 heteroatoms. The molecule has 0 aromatic heterocycles. The molecule has 1 saturated carbocycles. The highest BCUT2D eigenvalue weighted by atomic mass is 16.7. The van der Waals surface area contributed by atoms with Crippen LogP contribution < -0.4 is 0 Å². The van der Waals surface area contributed by atoms with Crippen molar-refractivity contribution >= 4 is 0 Å². The van der Waals surface area contributed by atoms with Gasteiger partial charge in [0.1, 0.15) is 0 Å². The summed E-state index contributed by atoms with van der Waals surface area (Å²) in [6, 6.07) is 18.1. The zero-order valence-corrected chi connectivity index (χ0v) is 21.2. The summed E-state index contributed by atoms with van der Waals surface area (Å²) in [6.45, 7) is 8.22. The highest BCUT2D eigenvalue weighted by Crippen LogP contribution is 2.38. The predicted octanol–water partition coefficient (Wildman–Crippen LogP) is 8.84. The quantitative estimate of drug-likeness (QED) is 0.357. The van der Waals surface area contributed by atoms with Crippen molar-refractivity contribution in [3.05, 3.63) is 59.7 Å². The fourth-order valence-electron chi connectivity index (χ4n) is 5.77. The first kappa shape index (κ1) is 24.5. The highest BCUT2D eigenvalue weighted by molar-refractivity contribution is 5.64. The Morgan fingerprint density at radius 2 is 1.30 bits per heavy atom. The van der Waals surface area contributed by atoms with Crippen molar-refractivity contribution in [3.8, 4) is 11.1 Å². The number of unbranched alkanes of at least 4 members (excludes halogenated alkanes) is 2. The molecule has 1 aliphatic carbocycles. The van der Waals surface area contributed by atoms with E-state index in [2.05, 4.69) is 69.3 Å². The molecular weight excluding hydrogens is 404 g/mol. The lowest BCUT2D eigenvalue weighted by atomic mass is 9.77. The Bertz CT molecular complexity index is 822. The third kappa shape index (κ3) is 6.28. The van der Waals surface area contributed by atoms with Gasteiger partial charge in [0.15, 0.2) is 5.79 Å². The standard InChI is InChI=1S/C31H44O2/c1-4-6-7-9-25-22-32-31(3,33-23-25)30-20-18-29(19-21-30)28-16-14-27(15-17-28)26-12-10-24(8-5-2)11-13-26/h14-21,24-26H,4-13,22-23H2,1-3H3. The Kier molecular flexibility index (Phi) is 8.66. The van der Waals surface area contributed by atoms with Crippen LogP contribution in [0.5, 0.6) is 0 Å². The first-order valence-corrected chi connectivity index (χ1v) is 13.6. The average Bonchev–Trinajstić information content (AvgIpc) is 2.86. The van der Waals surface area contributed by atoms with Crippen molar-refractivity contribution in [1.29, 1.82) is 0 Å². The van der Waals surface area contributed by atoms with E-state index in [0.717, 1.165) is 30.6 Å². The molecule has 2 aromatic carbocycles. The largest absolute Gasteiger partial charge is 0.346 e. The van der Waals surface area contributed by atoms with Crippen LogP contribution in [-0.4, -0.2) is 13.2 Å². The first-order valence-electron chi connectivity index (χ1n) is 13.6. The van der Waals surface area contributed by atoms with Crippen LogP contribution in [0.1, 0.15) is 102 Å². The summed E-state index contributed by atoms with van der Waals surface area (Å²) in [7, 11) is 0. The van der Waals surface area contributed by atoms with Gasteiger partial charge >= 0.3 is 0 Å². The molecule has 180 valence electrons. The van der Waals surface area contributed by atoms with Crippen LogP contribution in [0.4, 0.5) is 0 Å². The third-order valence-electron chi connectivity index (χ3n) is 8.07. The summed E-state index contributed by atoms with van der Waals surface area (Å²) >= 11 is 0. The summed E-state index contributed by atoms with van der Waals surface area (Å²) in [5, 5.41) is 0. The Morgan fingerprint density at radius 3 is 1.88 bits per heavy atom. The molecule has 2 aliphatic rings. The van der Waals surface area contributed by atoms with Crippen LogP contribution in [-0.2, 0) is 15.3 Å². The molecule has 0 atom stereocenters. The first-order chi connectivity index (χ1) is 16.1. The van der Waals surface area contributed by atoms with Crippen molar-refractivity contribution in [3.63, 3.8) is 0 Å². The average molecular weight is 449 g/mol. The predicted molar refractivity (Wildman–Crippen MR) is 138 cm³/mol. The van der Waals surface area contributed by atoms with Crippen molar-refractivity contribution in [2.24, 2.45) is 11.8 Å². The highest BCUT2D eigenvalue weighted by Gasteiger charge is 2.34. The van der Waals surface area contributed by atoms with Gasteiger partial charge in [-0.3, -0.25) is 0 Å². The second-order valence-electron chi connectivity index (χ2n) is 10.6. The summed E-state index contributed by atoms with van der Waals surface area (Å²) in [4.78, 5) is 0. The van der Waals surface area contributed by atoms with Crippen LogP contribution >= 0.6 is 0 Å². The smallest absolute Gasteiger partial charge is 0.191 e. The Hall–Kier alpha value is -1.64. The molecule has 1 saturated heterocycles. The zero-order valence-electron chi connectivity index (χ0n) is 21.2. The van der Waals surface area contributed by atoms with Crippen LogP contribution in [0.15, 0.2) is 48.5 Å². The maximum Gasteiger partial charge on any atom is 0.191 e. The zero-order chi connectivity index (χ0) is 23.1. The minimum Gasteiger partial charge on any atom is -0.346 e. The van der Waals surface area contributed by atoms with E-state index >= 15 is 0 Å². The topological polar surface area (TPSA) is 18.5 Å². The van der Waals surface area contributed by atoms with E-state index in [0.29, 0.717) is 5.92 Å². The van der Waals surface area contributed by atoms with Gasteiger partial charge in [0, 0.05) is 11.5 Å². The normalized spacial score (nSPS) is 28.0. The van der Waals surface area contributed by atoms with E-state index in [1.807, 2.05) is 0 Å². The lowest BCUT2D eigenvalue weighted by molar-refractivity contribution is -0.282. The van der Waals surface area contributed by atoms with Crippen molar-refractivity contribution in [2.75, 3.05) is 13.2 Å². The van der Waals surface area contributed by atoms with Gasteiger partial charge in [-0.05, 0) is 67.6 Å². The summed E-state index contributed by atoms with van der Waals surface area (Å²) < 4.78 is 12.4. The second-order valence-corrected chi connectivity index (χ2v) is 10.6. The lowest BCUT2D eigenvalue weighted by Crippen LogP contribution is -2.39. The van der Waals surface area contributed by atoms with Crippen LogP contribution in [0, 0.1) is 11.8 Å². The van der Waals surface area contributed by atoms with Gasteiger partial charge in [-0.2, -0.15) is 0 Å². The van der Waals surface area contributed by atoms with Gasteiger partial charge in [0.25, 0.3) is 0 Å². The SMILES string of the molecule is CCCCCC1COC(C)(c2ccc(-c3ccc(C4CCC(CCC)CC4)cc3)cc2)OC1. The van der Waals surface area contributed by atoms with Crippen LogP contribution in [0.3, 0.4) is 0 Å². The number of hydrogen-bond acceptors (Lipinski definition) is 2. The Balaban J connectivity index is 1.33. The van der Waals surface area contributed by atoms with E-state index in [9.17, 15) is 0 Å². The summed E-state index contributed by atoms with van der Waals surface area (Å²) in [5.41, 5.74) is 5.18. The minimum absolute atomic E-state index is 0.532. The van der Waals surface area contributed by atoms with E-state index in [1.54, 1.807) is 0 Å². The fourth-order valence-corrected chi connectivity index (χ4v) is 5.77. The van der Waals surface area contributed by atoms with Gasteiger partial charge in [0.05, 0.1) is 13.2 Å². The van der Waals surface area contributed by atoms with Crippen molar-refractivity contribution in [1.82, 2.24) is 0 Å². The third-order valence-corrected chi connectivity index (χ3v) is 8.07. The number of hydrogen-bond donors (Lipinski definition) is 0. The van der Waals surface area contributed by atoms with E-state index < -0.39 is 5.79 Å². The van der Waals surface area contributed by atoms with Crippen LogP contribution in [0.25, 0.3) is 11.1 Å². The lowest BCUT2D eigenvalue weighted by Gasteiger charge is -2.38. The van der Waals surface area contributed by atoms with E-state index in [4.69, 9.17) is 9.47 Å². The van der Waals surface area contributed by atoms with Crippen molar-refractivity contribution < 1.29 is 9.47 Å². The number of rotatable bonds is 9. The van der Waals surface area contributed by atoms with Gasteiger partial charge in [-0.1, -0.05) is 94.5 Å². The molecule has 0 N–H and O–H groups in total. The molecule has 2 aromatic rings. The molecule has 1 heterocycles. The fraction of sp³-hybridized carbons (Fsp3) is 0.613. The molecule has 0 unspecified atom stereocenters. The van der Waals surface area contributed by atoms with E-state index in [1.165, 1.54) is 80.9 Å². The summed E-state index contributed by atoms with van der Waals surface area (Å²) in [5.74, 6) is 1.63. The van der Waals surface area contributed by atoms with Crippen LogP contribution in [0.2, 0.25) is 0 Å². The number of ether oxygens (including phenoxy) is 2. The van der Waals surface area contributed by atoms with Crippen molar-refractivity contribution in [2.45, 2.75) is 96.7 Å². The minimum atomic E-state index is -0.625. The monoisotopic (exact) mass is 448 g/mol. The Labute approximate surface area is 202 Å². The van der Waals surface area contributed by atoms with Gasteiger partial charge in [-0.25, -0.2) is 0 Å². The maximum atomic E-state index is 6.22. The molecule has 0 amide bonds. The molecular formula is C31H44O2. The molecule has 0 radical (unpaired) electrons. The number of benzene rings is 2. The molecule has 2 nitrogen and oxygen atoms in total. The van der Waals surface area contributed by atoms with Gasteiger partial charge < -0.3 is 9.47 Å². The van der Waals surface area contributed by atoms with Gasteiger partial charge in [-0.15, -0.1) is 0 Å². The molecule has 1 aliphatic heterocycles. The molecule has 0 bridgehead atoms. The molecule has 4 rings (SSSR count). The maximum absolute atomic E-state index is 6.22.